The minimum atomic E-state index is -0.776. The summed E-state index contributed by atoms with van der Waals surface area (Å²) >= 11 is 0. The van der Waals surface area contributed by atoms with Gasteiger partial charge in [-0.3, -0.25) is 4.79 Å². The highest BCUT2D eigenvalue weighted by molar-refractivity contribution is 5.80. The van der Waals surface area contributed by atoms with Crippen molar-refractivity contribution >= 4 is 5.97 Å². The van der Waals surface area contributed by atoms with Crippen LogP contribution in [0, 0.1) is 0 Å². The van der Waals surface area contributed by atoms with Gasteiger partial charge in [0.1, 0.15) is 5.54 Å². The molecular formula is C8H16N2O2. The first kappa shape index (κ1) is 9.48. The Balaban J connectivity index is 2.63. The number of ether oxygens (including phenoxy) is 1. The van der Waals surface area contributed by atoms with Gasteiger partial charge in [0.2, 0.25) is 0 Å². The lowest BCUT2D eigenvalue weighted by atomic mass is 9.90. The summed E-state index contributed by atoms with van der Waals surface area (Å²) in [5.74, 6) is -0.297. The molecule has 12 heavy (non-hydrogen) atoms. The second-order valence-corrected chi connectivity index (χ2v) is 3.49. The predicted octanol–water partition coefficient (Wildman–Crippen LogP) is -0.417. The number of likely N-dealkylation sites (N-methyl/N-ethyl adjacent to an activating group) is 1. The highest BCUT2D eigenvalue weighted by Gasteiger charge is 2.38. The molecule has 4 heteroatoms. The van der Waals surface area contributed by atoms with Crippen molar-refractivity contribution in [2.24, 2.45) is 5.73 Å². The van der Waals surface area contributed by atoms with E-state index in [-0.39, 0.29) is 5.97 Å². The zero-order chi connectivity index (χ0) is 9.19. The summed E-state index contributed by atoms with van der Waals surface area (Å²) < 4.78 is 4.65. The topological polar surface area (TPSA) is 55.6 Å². The van der Waals surface area contributed by atoms with E-state index in [1.54, 1.807) is 0 Å². The normalized spacial score (nSPS) is 31.6. The van der Waals surface area contributed by atoms with E-state index in [2.05, 4.69) is 9.64 Å². The number of rotatable bonds is 1. The Hall–Kier alpha value is -0.610. The largest absolute Gasteiger partial charge is 0.468 e. The molecule has 1 atom stereocenters. The van der Waals surface area contributed by atoms with Gasteiger partial charge in [-0.2, -0.15) is 0 Å². The Bertz CT molecular complexity index is 184. The molecule has 0 amide bonds. The number of nitrogens with zero attached hydrogens (tertiary/aromatic N) is 1. The number of hydrogen-bond acceptors (Lipinski definition) is 4. The molecule has 0 aromatic rings. The van der Waals surface area contributed by atoms with Crippen LogP contribution in [0.5, 0.6) is 0 Å². The maximum absolute atomic E-state index is 11.3. The standard InChI is InChI=1S/C8H16N2O2/c1-10-5-3-4-8(9,6-10)7(11)12-2/h3-6,9H2,1-2H3. The molecular weight excluding hydrogens is 156 g/mol. The molecule has 1 aliphatic heterocycles. The number of carbonyl (C=O) groups is 1. The van der Waals surface area contributed by atoms with Crippen LogP contribution in [0.15, 0.2) is 0 Å². The van der Waals surface area contributed by atoms with Crippen molar-refractivity contribution in [1.29, 1.82) is 0 Å². The Morgan fingerprint density at radius 3 is 2.83 bits per heavy atom. The minimum absolute atomic E-state index is 0.297. The summed E-state index contributed by atoms with van der Waals surface area (Å²) in [5, 5.41) is 0. The van der Waals surface area contributed by atoms with Gasteiger partial charge < -0.3 is 15.4 Å². The van der Waals surface area contributed by atoms with E-state index in [1.165, 1.54) is 7.11 Å². The van der Waals surface area contributed by atoms with Crippen molar-refractivity contribution in [2.45, 2.75) is 18.4 Å². The number of methoxy groups -OCH3 is 1. The van der Waals surface area contributed by atoms with Crippen LogP contribution >= 0.6 is 0 Å². The fourth-order valence-electron chi connectivity index (χ4n) is 1.67. The second-order valence-electron chi connectivity index (χ2n) is 3.49. The third kappa shape index (κ3) is 1.76. The van der Waals surface area contributed by atoms with Crippen molar-refractivity contribution in [2.75, 3.05) is 27.2 Å². The van der Waals surface area contributed by atoms with E-state index < -0.39 is 5.54 Å². The van der Waals surface area contributed by atoms with Gasteiger partial charge in [-0.15, -0.1) is 0 Å². The van der Waals surface area contributed by atoms with E-state index >= 15 is 0 Å². The van der Waals surface area contributed by atoms with Gasteiger partial charge >= 0.3 is 5.97 Å². The van der Waals surface area contributed by atoms with Gasteiger partial charge in [0.15, 0.2) is 0 Å². The van der Waals surface area contributed by atoms with Crippen LogP contribution in [0.25, 0.3) is 0 Å². The molecule has 1 unspecified atom stereocenters. The molecule has 70 valence electrons. The molecule has 1 aliphatic rings. The Kier molecular flexibility index (Phi) is 2.69. The van der Waals surface area contributed by atoms with Crippen molar-refractivity contribution in [3.8, 4) is 0 Å². The molecule has 2 N–H and O–H groups in total. The van der Waals surface area contributed by atoms with Crippen LogP contribution in [0.4, 0.5) is 0 Å². The SMILES string of the molecule is COC(=O)C1(N)CCCN(C)C1. The summed E-state index contributed by atoms with van der Waals surface area (Å²) in [4.78, 5) is 13.3. The average Bonchev–Trinajstić information content (AvgIpc) is 2.02. The number of hydrogen-bond donors (Lipinski definition) is 1. The highest BCUT2D eigenvalue weighted by atomic mass is 16.5. The number of likely N-dealkylation sites (tertiary alicyclic amines) is 1. The van der Waals surface area contributed by atoms with Gasteiger partial charge in [0, 0.05) is 6.54 Å². The first-order valence-electron chi connectivity index (χ1n) is 4.14. The average molecular weight is 172 g/mol. The van der Waals surface area contributed by atoms with Crippen molar-refractivity contribution in [3.05, 3.63) is 0 Å². The predicted molar refractivity (Wildman–Crippen MR) is 45.7 cm³/mol. The summed E-state index contributed by atoms with van der Waals surface area (Å²) in [5.41, 5.74) is 5.11. The summed E-state index contributed by atoms with van der Waals surface area (Å²) in [6, 6.07) is 0. The third-order valence-corrected chi connectivity index (χ3v) is 2.31. The minimum Gasteiger partial charge on any atom is -0.468 e. The lowest BCUT2D eigenvalue weighted by Gasteiger charge is -2.35. The molecule has 0 aromatic carbocycles. The van der Waals surface area contributed by atoms with Crippen LogP contribution in [0.1, 0.15) is 12.8 Å². The lowest BCUT2D eigenvalue weighted by Crippen LogP contribution is -2.58. The van der Waals surface area contributed by atoms with Crippen LogP contribution in [-0.4, -0.2) is 43.7 Å². The molecule has 1 fully saturated rings. The second kappa shape index (κ2) is 3.41. The Labute approximate surface area is 72.7 Å². The van der Waals surface area contributed by atoms with Crippen molar-refractivity contribution < 1.29 is 9.53 Å². The third-order valence-electron chi connectivity index (χ3n) is 2.31. The Morgan fingerprint density at radius 1 is 1.67 bits per heavy atom. The molecule has 0 aromatic heterocycles. The molecule has 4 nitrogen and oxygen atoms in total. The molecule has 1 rings (SSSR count). The fraction of sp³-hybridized carbons (Fsp3) is 0.875. The molecule has 0 bridgehead atoms. The van der Waals surface area contributed by atoms with E-state index in [0.717, 1.165) is 19.4 Å². The molecule has 0 aliphatic carbocycles. The van der Waals surface area contributed by atoms with Crippen molar-refractivity contribution in [3.63, 3.8) is 0 Å². The number of nitrogens with two attached hydrogens (primary N) is 1. The van der Waals surface area contributed by atoms with Gasteiger partial charge in [0.05, 0.1) is 7.11 Å². The maximum Gasteiger partial charge on any atom is 0.327 e. The first-order valence-corrected chi connectivity index (χ1v) is 4.14. The van der Waals surface area contributed by atoms with Crippen LogP contribution in [0.3, 0.4) is 0 Å². The summed E-state index contributed by atoms with van der Waals surface area (Å²) in [7, 11) is 3.34. The highest BCUT2D eigenvalue weighted by Crippen LogP contribution is 2.18. The van der Waals surface area contributed by atoms with E-state index in [0.29, 0.717) is 6.54 Å². The van der Waals surface area contributed by atoms with E-state index in [1.807, 2.05) is 7.05 Å². The van der Waals surface area contributed by atoms with Gasteiger partial charge in [-0.25, -0.2) is 0 Å². The van der Waals surface area contributed by atoms with Crippen LogP contribution < -0.4 is 5.73 Å². The molecule has 0 saturated carbocycles. The molecule has 1 heterocycles. The number of piperidine rings is 1. The fourth-order valence-corrected chi connectivity index (χ4v) is 1.67. The quantitative estimate of drug-likeness (QED) is 0.546. The maximum atomic E-state index is 11.3. The smallest absolute Gasteiger partial charge is 0.327 e. The molecule has 0 spiro atoms. The van der Waals surface area contributed by atoms with Gasteiger partial charge in [-0.05, 0) is 26.4 Å². The van der Waals surface area contributed by atoms with Gasteiger partial charge in [-0.1, -0.05) is 0 Å². The summed E-state index contributed by atoms with van der Waals surface area (Å²) in [6.07, 6.45) is 1.69. The van der Waals surface area contributed by atoms with E-state index in [4.69, 9.17) is 5.73 Å². The van der Waals surface area contributed by atoms with Crippen LogP contribution in [0.2, 0.25) is 0 Å². The summed E-state index contributed by atoms with van der Waals surface area (Å²) in [6.45, 7) is 1.61. The van der Waals surface area contributed by atoms with Gasteiger partial charge in [0.25, 0.3) is 0 Å². The van der Waals surface area contributed by atoms with E-state index in [9.17, 15) is 4.79 Å². The zero-order valence-electron chi connectivity index (χ0n) is 7.67. The molecule has 0 radical (unpaired) electrons. The molecule has 1 saturated heterocycles. The zero-order valence-corrected chi connectivity index (χ0v) is 7.67. The first-order chi connectivity index (χ1) is 5.58. The Morgan fingerprint density at radius 2 is 2.33 bits per heavy atom. The van der Waals surface area contributed by atoms with Crippen molar-refractivity contribution in [1.82, 2.24) is 4.90 Å². The monoisotopic (exact) mass is 172 g/mol. The number of esters is 1. The lowest BCUT2D eigenvalue weighted by molar-refractivity contribution is -0.149. The van der Waals surface area contributed by atoms with Crippen LogP contribution in [-0.2, 0) is 9.53 Å². The number of carbonyl (C=O) groups excluding carboxylic acids is 1.